The van der Waals surface area contributed by atoms with Crippen LogP contribution in [0.1, 0.15) is 20.3 Å². The number of nitrogens with one attached hydrogen (secondary N) is 1. The summed E-state index contributed by atoms with van der Waals surface area (Å²) in [6.07, 6.45) is 0.308. The lowest BCUT2D eigenvalue weighted by Gasteiger charge is -2.04. The molecule has 1 N–H and O–H groups in total. The van der Waals surface area contributed by atoms with Gasteiger partial charge in [-0.15, -0.1) is 0 Å². The molecular weight excluding hydrogens is 158 g/mol. The highest BCUT2D eigenvalue weighted by Gasteiger charge is 2.01. The molecule has 1 amide bonds. The van der Waals surface area contributed by atoms with Crippen LogP contribution < -0.4 is 5.32 Å². The Kier molecular flexibility index (Phi) is 4.76. The summed E-state index contributed by atoms with van der Waals surface area (Å²) in [6, 6.07) is 0. The van der Waals surface area contributed by atoms with Gasteiger partial charge in [0.15, 0.2) is 6.73 Å². The van der Waals surface area contributed by atoms with Crippen molar-refractivity contribution in [3.63, 3.8) is 0 Å². The molecule has 12 heavy (non-hydrogen) atoms. The van der Waals surface area contributed by atoms with E-state index in [-0.39, 0.29) is 18.6 Å². The summed E-state index contributed by atoms with van der Waals surface area (Å²) in [4.78, 5) is 21.4. The Hall–Kier alpha value is -1.32. The first-order chi connectivity index (χ1) is 5.57. The Balaban J connectivity index is 3.50. The summed E-state index contributed by atoms with van der Waals surface area (Å²) in [5, 5.41) is 2.37. The molecule has 0 aliphatic rings. The average molecular weight is 171 g/mol. The van der Waals surface area contributed by atoms with E-state index in [2.05, 4.69) is 16.6 Å². The predicted octanol–water partition coefficient (Wildman–Crippen LogP) is 0.589. The predicted molar refractivity (Wildman–Crippen MR) is 44.2 cm³/mol. The van der Waals surface area contributed by atoms with E-state index in [0.717, 1.165) is 0 Å². The molecule has 0 fully saturated rings. The van der Waals surface area contributed by atoms with Gasteiger partial charge >= 0.3 is 5.97 Å². The highest BCUT2D eigenvalue weighted by molar-refractivity contribution is 5.92. The molecule has 0 aliphatic heterocycles. The molecule has 0 heterocycles. The Bertz CT molecular complexity index is 198. The molecule has 0 spiro atoms. The third-order valence-corrected chi connectivity index (χ3v) is 1.14. The van der Waals surface area contributed by atoms with Gasteiger partial charge in [0.2, 0.25) is 5.91 Å². The lowest BCUT2D eigenvalue weighted by Crippen LogP contribution is -2.27. The number of carbonyl (C=O) groups excluding carboxylic acids is 2. The van der Waals surface area contributed by atoms with Crippen molar-refractivity contribution in [3.8, 4) is 0 Å². The van der Waals surface area contributed by atoms with Gasteiger partial charge in [0.05, 0.1) is 0 Å². The summed E-state index contributed by atoms with van der Waals surface area (Å²) in [6.45, 7) is 6.60. The van der Waals surface area contributed by atoms with Crippen molar-refractivity contribution in [1.82, 2.24) is 5.32 Å². The Labute approximate surface area is 71.6 Å². The van der Waals surface area contributed by atoms with Crippen LogP contribution in [0.5, 0.6) is 0 Å². The maximum atomic E-state index is 10.8. The van der Waals surface area contributed by atoms with E-state index in [4.69, 9.17) is 0 Å². The van der Waals surface area contributed by atoms with Crippen molar-refractivity contribution in [2.24, 2.45) is 0 Å². The molecule has 0 saturated heterocycles. The highest BCUT2D eigenvalue weighted by atomic mass is 16.5. The third kappa shape index (κ3) is 4.49. The minimum Gasteiger partial charge on any atom is -0.444 e. The molecule has 0 unspecified atom stereocenters. The Morgan fingerprint density at radius 2 is 2.08 bits per heavy atom. The first-order valence-corrected chi connectivity index (χ1v) is 3.67. The van der Waals surface area contributed by atoms with Crippen molar-refractivity contribution in [1.29, 1.82) is 0 Å². The summed E-state index contributed by atoms with van der Waals surface area (Å²) in [5.74, 6) is -0.643. The minimum atomic E-state index is -0.336. The molecule has 0 radical (unpaired) electrons. The fraction of sp³-hybridized carbons (Fsp3) is 0.500. The fourth-order valence-electron chi connectivity index (χ4n) is 0.435. The molecule has 0 aromatic rings. The topological polar surface area (TPSA) is 55.4 Å². The van der Waals surface area contributed by atoms with Gasteiger partial charge in [-0.2, -0.15) is 0 Å². The van der Waals surface area contributed by atoms with E-state index in [1.54, 1.807) is 13.8 Å². The Morgan fingerprint density at radius 1 is 1.50 bits per heavy atom. The zero-order valence-electron chi connectivity index (χ0n) is 7.35. The summed E-state index contributed by atoms with van der Waals surface area (Å²) >= 11 is 0. The van der Waals surface area contributed by atoms with Gasteiger partial charge < -0.3 is 10.1 Å². The summed E-state index contributed by atoms with van der Waals surface area (Å²) < 4.78 is 4.60. The monoisotopic (exact) mass is 171 g/mol. The van der Waals surface area contributed by atoms with Crippen LogP contribution in [0.2, 0.25) is 0 Å². The zero-order valence-corrected chi connectivity index (χ0v) is 7.35. The normalized spacial score (nSPS) is 8.83. The second kappa shape index (κ2) is 5.35. The van der Waals surface area contributed by atoms with Crippen LogP contribution in [0.3, 0.4) is 0 Å². The summed E-state index contributed by atoms with van der Waals surface area (Å²) in [5.41, 5.74) is 0.391. The maximum Gasteiger partial charge on any atom is 0.307 e. The van der Waals surface area contributed by atoms with E-state index >= 15 is 0 Å². The summed E-state index contributed by atoms with van der Waals surface area (Å²) in [7, 11) is 0. The molecule has 4 nitrogen and oxygen atoms in total. The van der Waals surface area contributed by atoms with Gasteiger partial charge in [0.1, 0.15) is 0 Å². The SMILES string of the molecule is C=C(C)C(=O)NCOC(=O)CC. The molecule has 0 atom stereocenters. The number of rotatable bonds is 4. The standard InChI is InChI=1S/C8H13NO3/c1-4-7(10)12-5-9-8(11)6(2)3/h2,4-5H2,1,3H3,(H,9,11). The van der Waals surface area contributed by atoms with Gasteiger partial charge in [-0.1, -0.05) is 13.5 Å². The van der Waals surface area contributed by atoms with Gasteiger partial charge in [-0.3, -0.25) is 9.59 Å². The van der Waals surface area contributed by atoms with Gasteiger partial charge in [0.25, 0.3) is 0 Å². The smallest absolute Gasteiger partial charge is 0.307 e. The molecule has 0 aromatic heterocycles. The van der Waals surface area contributed by atoms with Crippen LogP contribution in [0.25, 0.3) is 0 Å². The van der Waals surface area contributed by atoms with E-state index < -0.39 is 0 Å². The quantitative estimate of drug-likeness (QED) is 0.382. The molecule has 0 saturated carbocycles. The molecule has 68 valence electrons. The minimum absolute atomic E-state index is 0.0850. The number of esters is 1. The fourth-order valence-corrected chi connectivity index (χ4v) is 0.435. The number of hydrogen-bond acceptors (Lipinski definition) is 3. The zero-order chi connectivity index (χ0) is 9.56. The van der Waals surface area contributed by atoms with Crippen LogP contribution in [0.15, 0.2) is 12.2 Å². The van der Waals surface area contributed by atoms with Crippen LogP contribution in [0.4, 0.5) is 0 Å². The van der Waals surface area contributed by atoms with Crippen molar-refractivity contribution in [2.45, 2.75) is 20.3 Å². The van der Waals surface area contributed by atoms with Crippen LogP contribution in [-0.4, -0.2) is 18.6 Å². The molecule has 0 aromatic carbocycles. The van der Waals surface area contributed by atoms with Crippen molar-refractivity contribution < 1.29 is 14.3 Å². The van der Waals surface area contributed by atoms with Gasteiger partial charge in [-0.25, -0.2) is 0 Å². The Morgan fingerprint density at radius 3 is 2.50 bits per heavy atom. The number of ether oxygens (including phenoxy) is 1. The lowest BCUT2D eigenvalue weighted by molar-refractivity contribution is -0.144. The van der Waals surface area contributed by atoms with E-state index in [9.17, 15) is 9.59 Å². The van der Waals surface area contributed by atoms with Crippen molar-refractivity contribution in [3.05, 3.63) is 12.2 Å². The third-order valence-electron chi connectivity index (χ3n) is 1.14. The van der Waals surface area contributed by atoms with Crippen LogP contribution >= 0.6 is 0 Å². The molecule has 4 heteroatoms. The van der Waals surface area contributed by atoms with E-state index in [1.807, 2.05) is 0 Å². The maximum absolute atomic E-state index is 10.8. The van der Waals surface area contributed by atoms with E-state index in [1.165, 1.54) is 0 Å². The first kappa shape index (κ1) is 10.7. The van der Waals surface area contributed by atoms with Crippen LogP contribution in [-0.2, 0) is 14.3 Å². The molecule has 0 rings (SSSR count). The van der Waals surface area contributed by atoms with Gasteiger partial charge in [0, 0.05) is 12.0 Å². The van der Waals surface area contributed by atoms with Gasteiger partial charge in [-0.05, 0) is 6.92 Å². The second-order valence-electron chi connectivity index (χ2n) is 2.30. The lowest BCUT2D eigenvalue weighted by atomic mass is 10.3. The largest absolute Gasteiger partial charge is 0.444 e. The molecule has 0 bridgehead atoms. The number of amides is 1. The van der Waals surface area contributed by atoms with Crippen LogP contribution in [0, 0.1) is 0 Å². The average Bonchev–Trinajstić information content (AvgIpc) is 2.03. The molecular formula is C8H13NO3. The number of hydrogen-bond donors (Lipinski definition) is 1. The van der Waals surface area contributed by atoms with E-state index in [0.29, 0.717) is 12.0 Å². The number of carbonyl (C=O) groups is 2. The second-order valence-corrected chi connectivity index (χ2v) is 2.30. The first-order valence-electron chi connectivity index (χ1n) is 3.67. The van der Waals surface area contributed by atoms with Crippen molar-refractivity contribution >= 4 is 11.9 Å². The van der Waals surface area contributed by atoms with Crippen molar-refractivity contribution in [2.75, 3.05) is 6.73 Å². The highest BCUT2D eigenvalue weighted by Crippen LogP contribution is 1.86. The molecule has 0 aliphatic carbocycles.